The van der Waals surface area contributed by atoms with Crippen LogP contribution in [0.3, 0.4) is 0 Å². The number of carbonyl (C=O) groups is 1. The number of hydrogen-bond acceptors (Lipinski definition) is 9. The van der Waals surface area contributed by atoms with Crippen molar-refractivity contribution in [3.63, 3.8) is 0 Å². The van der Waals surface area contributed by atoms with Gasteiger partial charge >= 0.3 is 5.97 Å². The molecule has 0 unspecified atom stereocenters. The number of aliphatic hydroxyl groups is 2. The SMILES string of the molecule is Cc1oc2cc(OCC(=O)O)ccc2c(=O)c1-c1ccc2c(c1)OCCO2.OCCNCCO. The molecule has 0 aliphatic carbocycles. The smallest absolute Gasteiger partial charge is 0.341 e. The van der Waals surface area contributed by atoms with Gasteiger partial charge in [-0.05, 0) is 36.8 Å². The van der Waals surface area contributed by atoms with Gasteiger partial charge in [-0.3, -0.25) is 4.79 Å². The summed E-state index contributed by atoms with van der Waals surface area (Å²) >= 11 is 0. The lowest BCUT2D eigenvalue weighted by molar-refractivity contribution is -0.139. The predicted molar refractivity (Wildman–Crippen MR) is 124 cm³/mol. The van der Waals surface area contributed by atoms with E-state index in [9.17, 15) is 9.59 Å². The summed E-state index contributed by atoms with van der Waals surface area (Å²) in [5.74, 6) is 0.920. The minimum Gasteiger partial charge on any atom is -0.486 e. The molecule has 34 heavy (non-hydrogen) atoms. The number of ether oxygens (including phenoxy) is 3. The van der Waals surface area contributed by atoms with E-state index in [1.807, 2.05) is 0 Å². The van der Waals surface area contributed by atoms with Crippen LogP contribution in [0, 0.1) is 6.92 Å². The first-order valence-electron chi connectivity index (χ1n) is 10.7. The van der Waals surface area contributed by atoms with Crippen LogP contribution in [-0.4, -0.2) is 67.4 Å². The molecule has 0 fully saturated rings. The van der Waals surface area contributed by atoms with Crippen molar-refractivity contribution in [1.82, 2.24) is 5.32 Å². The highest BCUT2D eigenvalue weighted by atomic mass is 16.6. The summed E-state index contributed by atoms with van der Waals surface area (Å²) in [6, 6.07) is 9.97. The molecule has 1 aromatic heterocycles. The molecule has 0 amide bonds. The molecule has 182 valence electrons. The largest absolute Gasteiger partial charge is 0.486 e. The summed E-state index contributed by atoms with van der Waals surface area (Å²) in [6.45, 7) is 3.61. The predicted octanol–water partition coefficient (Wildman–Crippen LogP) is 1.56. The average Bonchev–Trinajstić information content (AvgIpc) is 2.83. The molecule has 0 bridgehead atoms. The normalized spacial score (nSPS) is 12.1. The maximum absolute atomic E-state index is 13.0. The number of rotatable bonds is 8. The van der Waals surface area contributed by atoms with E-state index in [0.29, 0.717) is 71.4 Å². The van der Waals surface area contributed by atoms with Gasteiger partial charge in [0.05, 0.1) is 24.2 Å². The molecule has 0 spiro atoms. The lowest BCUT2D eigenvalue weighted by Crippen LogP contribution is -2.21. The molecular formula is C24H27NO9. The standard InChI is InChI=1S/C20H16O7.C4H11NO2/c1-11-19(12-2-5-15-17(8-12)25-7-6-24-15)20(23)14-4-3-13(9-16(14)27-11)26-10-18(21)22;6-3-1-5-2-4-7/h2-5,8-9H,6-7,10H2,1H3,(H,21,22);5-7H,1-4H2. The van der Waals surface area contributed by atoms with E-state index in [2.05, 4.69) is 5.32 Å². The molecule has 10 nitrogen and oxygen atoms in total. The van der Waals surface area contributed by atoms with Crippen LogP contribution >= 0.6 is 0 Å². The zero-order valence-electron chi connectivity index (χ0n) is 18.7. The number of nitrogens with one attached hydrogen (secondary N) is 1. The summed E-state index contributed by atoms with van der Waals surface area (Å²) in [7, 11) is 0. The second-order valence-electron chi connectivity index (χ2n) is 7.26. The summed E-state index contributed by atoms with van der Waals surface area (Å²) in [6.07, 6.45) is 0. The van der Waals surface area contributed by atoms with Gasteiger partial charge in [-0.25, -0.2) is 4.79 Å². The van der Waals surface area contributed by atoms with Crippen molar-refractivity contribution in [3.8, 4) is 28.4 Å². The highest BCUT2D eigenvalue weighted by Gasteiger charge is 2.18. The van der Waals surface area contributed by atoms with E-state index in [1.54, 1.807) is 37.3 Å². The molecule has 4 rings (SSSR count). The summed E-state index contributed by atoms with van der Waals surface area (Å²) in [4.78, 5) is 23.7. The third kappa shape index (κ3) is 6.25. The van der Waals surface area contributed by atoms with Gasteiger partial charge in [-0.2, -0.15) is 0 Å². The minimum absolute atomic E-state index is 0.139. The second-order valence-corrected chi connectivity index (χ2v) is 7.26. The summed E-state index contributed by atoms with van der Waals surface area (Å²) in [5.41, 5.74) is 1.27. The molecule has 10 heteroatoms. The van der Waals surface area contributed by atoms with Gasteiger partial charge in [0.25, 0.3) is 0 Å². The number of aliphatic hydroxyl groups excluding tert-OH is 2. The van der Waals surface area contributed by atoms with Gasteiger partial charge in [-0.15, -0.1) is 0 Å². The fraction of sp³-hybridized carbons (Fsp3) is 0.333. The Morgan fingerprint density at radius 1 is 1.03 bits per heavy atom. The molecule has 3 aromatic rings. The van der Waals surface area contributed by atoms with Gasteiger partial charge in [0.15, 0.2) is 18.1 Å². The number of aliphatic carboxylic acids is 1. The first kappa shape index (κ1) is 25.0. The molecule has 2 aromatic carbocycles. The zero-order chi connectivity index (χ0) is 24.5. The van der Waals surface area contributed by atoms with E-state index in [-0.39, 0.29) is 18.6 Å². The third-order valence-electron chi connectivity index (χ3n) is 4.81. The van der Waals surface area contributed by atoms with E-state index in [1.165, 1.54) is 6.07 Å². The number of fused-ring (bicyclic) bond motifs is 2. The Hall–Kier alpha value is -3.60. The van der Waals surface area contributed by atoms with Crippen molar-refractivity contribution in [1.29, 1.82) is 0 Å². The van der Waals surface area contributed by atoms with Crippen LogP contribution in [0.15, 0.2) is 45.6 Å². The quantitative estimate of drug-likeness (QED) is 0.355. The van der Waals surface area contributed by atoms with Crippen molar-refractivity contribution in [2.24, 2.45) is 0 Å². The Kier molecular flexibility index (Phi) is 8.86. The van der Waals surface area contributed by atoms with Gasteiger partial charge in [0, 0.05) is 19.2 Å². The Morgan fingerprint density at radius 2 is 1.74 bits per heavy atom. The highest BCUT2D eigenvalue weighted by molar-refractivity contribution is 5.84. The fourth-order valence-corrected chi connectivity index (χ4v) is 3.34. The van der Waals surface area contributed by atoms with Crippen molar-refractivity contribution in [3.05, 3.63) is 52.4 Å². The van der Waals surface area contributed by atoms with E-state index >= 15 is 0 Å². The Morgan fingerprint density at radius 3 is 2.41 bits per heavy atom. The Bertz CT molecular complexity index is 1190. The maximum atomic E-state index is 13.0. The van der Waals surface area contributed by atoms with Crippen LogP contribution in [0.5, 0.6) is 17.2 Å². The fourth-order valence-electron chi connectivity index (χ4n) is 3.34. The monoisotopic (exact) mass is 473 g/mol. The van der Waals surface area contributed by atoms with Crippen molar-refractivity contribution in [2.75, 3.05) is 46.1 Å². The zero-order valence-corrected chi connectivity index (χ0v) is 18.7. The number of aryl methyl sites for hydroxylation is 1. The van der Waals surface area contributed by atoms with E-state index in [0.717, 1.165) is 0 Å². The molecule has 1 aliphatic heterocycles. The van der Waals surface area contributed by atoms with Gasteiger partial charge in [0.1, 0.15) is 30.3 Å². The van der Waals surface area contributed by atoms with E-state index < -0.39 is 12.6 Å². The van der Waals surface area contributed by atoms with Crippen LogP contribution in [0.4, 0.5) is 0 Å². The molecule has 1 aliphatic rings. The second kappa shape index (κ2) is 12.0. The summed E-state index contributed by atoms with van der Waals surface area (Å²) in [5, 5.41) is 28.2. The van der Waals surface area contributed by atoms with Crippen LogP contribution in [0.2, 0.25) is 0 Å². The Balaban J connectivity index is 0.000000406. The lowest BCUT2D eigenvalue weighted by atomic mass is 10.0. The van der Waals surface area contributed by atoms with Crippen molar-refractivity contribution < 1.29 is 38.7 Å². The number of benzene rings is 2. The first-order valence-corrected chi connectivity index (χ1v) is 10.7. The molecule has 0 radical (unpaired) electrons. The molecule has 0 saturated carbocycles. The molecule has 2 heterocycles. The van der Waals surface area contributed by atoms with Gasteiger partial charge < -0.3 is 39.3 Å². The maximum Gasteiger partial charge on any atom is 0.341 e. The van der Waals surface area contributed by atoms with Gasteiger partial charge in [-0.1, -0.05) is 6.07 Å². The topological polar surface area (TPSA) is 148 Å². The van der Waals surface area contributed by atoms with Crippen molar-refractivity contribution in [2.45, 2.75) is 6.92 Å². The number of carboxylic acid groups (broad SMARTS) is 1. The number of carboxylic acids is 1. The van der Waals surface area contributed by atoms with Gasteiger partial charge in [0.2, 0.25) is 5.43 Å². The van der Waals surface area contributed by atoms with Crippen LogP contribution < -0.4 is 25.0 Å². The molecule has 0 saturated heterocycles. The van der Waals surface area contributed by atoms with Crippen LogP contribution in [0.25, 0.3) is 22.1 Å². The van der Waals surface area contributed by atoms with Crippen molar-refractivity contribution >= 4 is 16.9 Å². The lowest BCUT2D eigenvalue weighted by Gasteiger charge is -2.19. The third-order valence-corrected chi connectivity index (χ3v) is 4.81. The first-order chi connectivity index (χ1) is 16.4. The van der Waals surface area contributed by atoms with E-state index in [4.69, 9.17) is 33.9 Å². The molecule has 4 N–H and O–H groups in total. The van der Waals surface area contributed by atoms with Crippen LogP contribution in [0.1, 0.15) is 5.76 Å². The molecule has 0 atom stereocenters. The van der Waals surface area contributed by atoms with Crippen LogP contribution in [-0.2, 0) is 4.79 Å². The summed E-state index contributed by atoms with van der Waals surface area (Å²) < 4.78 is 22.1. The average molecular weight is 473 g/mol. The highest BCUT2D eigenvalue weighted by Crippen LogP contribution is 2.35. The Labute approximate surface area is 195 Å². The minimum atomic E-state index is -1.08. The molecular weight excluding hydrogens is 446 g/mol. The number of hydrogen-bond donors (Lipinski definition) is 4.